The molecule has 0 aliphatic heterocycles. The lowest BCUT2D eigenvalue weighted by atomic mass is 10.2. The van der Waals surface area contributed by atoms with Gasteiger partial charge < -0.3 is 11.5 Å². The van der Waals surface area contributed by atoms with Gasteiger partial charge in [0.1, 0.15) is 0 Å². The molecule has 1 rings (SSSR count). The highest BCUT2D eigenvalue weighted by Gasteiger charge is 2.08. The van der Waals surface area contributed by atoms with Gasteiger partial charge in [0.25, 0.3) is 0 Å². The number of hydrogen-bond donors (Lipinski definition) is 2. The maximum atomic E-state index is 11.4. The Morgan fingerprint density at radius 3 is 2.50 bits per heavy atom. The molecule has 0 radical (unpaired) electrons. The van der Waals surface area contributed by atoms with Crippen molar-refractivity contribution in [2.45, 2.75) is 0 Å². The molecule has 0 spiro atoms. The van der Waals surface area contributed by atoms with Gasteiger partial charge in [-0.05, 0) is 18.2 Å². The van der Waals surface area contributed by atoms with Crippen LogP contribution in [0.4, 0.5) is 15.9 Å². The molecule has 0 amide bonds. The van der Waals surface area contributed by atoms with Crippen LogP contribution in [-0.4, -0.2) is 5.97 Å². The van der Waals surface area contributed by atoms with E-state index in [9.17, 15) is 9.32 Å². The van der Waals surface area contributed by atoms with Crippen LogP contribution in [0.25, 0.3) is 0 Å². The molecule has 0 unspecified atom stereocenters. The minimum absolute atomic E-state index is 0.0317. The third-order valence-electron chi connectivity index (χ3n) is 1.39. The average Bonchev–Trinajstić information content (AvgIpc) is 2.08. The lowest BCUT2D eigenvalue weighted by molar-refractivity contribution is -0.0787. The zero-order valence-corrected chi connectivity index (χ0v) is 6.08. The van der Waals surface area contributed by atoms with Crippen LogP contribution in [0.5, 0.6) is 0 Å². The third-order valence-corrected chi connectivity index (χ3v) is 1.39. The Morgan fingerprint density at radius 1 is 1.33 bits per heavy atom. The van der Waals surface area contributed by atoms with E-state index in [2.05, 4.69) is 4.94 Å². The van der Waals surface area contributed by atoms with Crippen molar-refractivity contribution < 1.29 is 14.3 Å². The van der Waals surface area contributed by atoms with Crippen LogP contribution in [0.15, 0.2) is 18.2 Å². The van der Waals surface area contributed by atoms with Crippen LogP contribution < -0.4 is 11.5 Å². The van der Waals surface area contributed by atoms with Crippen LogP contribution in [0.3, 0.4) is 0 Å². The van der Waals surface area contributed by atoms with Gasteiger partial charge in [-0.3, -0.25) is 0 Å². The fraction of sp³-hybridized carbons (Fsp3) is 0. The van der Waals surface area contributed by atoms with Crippen LogP contribution in [0, 0.1) is 0 Å². The van der Waals surface area contributed by atoms with E-state index >= 15 is 0 Å². The number of hydrogen-bond acceptors (Lipinski definition) is 4. The minimum Gasteiger partial charge on any atom is -0.397 e. The number of rotatable bonds is 1. The molecule has 0 fully saturated rings. The summed E-state index contributed by atoms with van der Waals surface area (Å²) in [6, 6.07) is 3.98. The Hall–Kier alpha value is -1.78. The van der Waals surface area contributed by atoms with E-state index in [0.717, 1.165) is 0 Å². The molecular formula is C7H7FN2O2. The summed E-state index contributed by atoms with van der Waals surface area (Å²) in [7, 11) is 0. The van der Waals surface area contributed by atoms with Gasteiger partial charge in [0.15, 0.2) is 0 Å². The van der Waals surface area contributed by atoms with Gasteiger partial charge in [-0.1, -0.05) is 0 Å². The average molecular weight is 170 g/mol. The molecule has 0 heterocycles. The summed E-state index contributed by atoms with van der Waals surface area (Å²) < 4.78 is 11.4. The number of nitrogen functional groups attached to an aromatic ring is 2. The first kappa shape index (κ1) is 8.32. The molecule has 64 valence electrons. The standard InChI is InChI=1S/C7H7FN2O2/c8-12-7(11)4-1-2-5(9)6(10)3-4/h1-3H,9-10H2. The van der Waals surface area contributed by atoms with Gasteiger partial charge in [-0.15, -0.1) is 0 Å². The molecule has 4 N–H and O–H groups in total. The Labute approximate surface area is 67.8 Å². The first-order chi connectivity index (χ1) is 5.65. The molecule has 0 aliphatic carbocycles. The first-order valence-corrected chi connectivity index (χ1v) is 3.13. The van der Waals surface area contributed by atoms with Crippen LogP contribution in [0.2, 0.25) is 0 Å². The van der Waals surface area contributed by atoms with Gasteiger partial charge >= 0.3 is 5.97 Å². The van der Waals surface area contributed by atoms with E-state index in [1.165, 1.54) is 18.2 Å². The summed E-state index contributed by atoms with van der Waals surface area (Å²) in [6.45, 7) is 0. The van der Waals surface area contributed by atoms with Crippen molar-refractivity contribution in [3.63, 3.8) is 0 Å². The second-order valence-corrected chi connectivity index (χ2v) is 2.21. The molecule has 0 saturated heterocycles. The molecule has 0 aromatic heterocycles. The molecule has 4 nitrogen and oxygen atoms in total. The third kappa shape index (κ3) is 1.45. The van der Waals surface area contributed by atoms with Gasteiger partial charge in [0, 0.05) is 4.53 Å². The molecular weight excluding hydrogens is 163 g/mol. The van der Waals surface area contributed by atoms with Crippen molar-refractivity contribution in [1.82, 2.24) is 0 Å². The summed E-state index contributed by atoms with van der Waals surface area (Å²) in [5.74, 6) is -1.08. The fourth-order valence-electron chi connectivity index (χ4n) is 0.746. The lowest BCUT2D eigenvalue weighted by Gasteiger charge is -2.00. The Morgan fingerprint density at radius 2 is 2.00 bits per heavy atom. The van der Waals surface area contributed by atoms with E-state index in [0.29, 0.717) is 5.69 Å². The Bertz CT molecular complexity index is 314. The molecule has 0 saturated carbocycles. The molecule has 1 aromatic rings. The largest absolute Gasteiger partial charge is 0.397 e. The highest BCUT2D eigenvalue weighted by molar-refractivity contribution is 5.91. The predicted molar refractivity (Wildman–Crippen MR) is 41.8 cm³/mol. The van der Waals surface area contributed by atoms with Crippen LogP contribution >= 0.6 is 0 Å². The fourth-order valence-corrected chi connectivity index (χ4v) is 0.746. The van der Waals surface area contributed by atoms with Crippen molar-refractivity contribution in [3.8, 4) is 0 Å². The highest BCUT2D eigenvalue weighted by atomic mass is 19.3. The molecule has 12 heavy (non-hydrogen) atoms. The van der Waals surface area contributed by atoms with Gasteiger partial charge in [-0.25, -0.2) is 9.74 Å². The Kier molecular flexibility index (Phi) is 2.14. The summed E-state index contributed by atoms with van der Waals surface area (Å²) in [5.41, 5.74) is 11.3. The first-order valence-electron chi connectivity index (χ1n) is 3.13. The number of carbonyl (C=O) groups is 1. The molecule has 0 atom stereocenters. The summed E-state index contributed by atoms with van der Waals surface area (Å²) in [4.78, 5) is 13.6. The maximum absolute atomic E-state index is 11.4. The number of halogens is 1. The van der Waals surface area contributed by atoms with Crippen molar-refractivity contribution in [1.29, 1.82) is 0 Å². The zero-order chi connectivity index (χ0) is 9.14. The second-order valence-electron chi connectivity index (χ2n) is 2.21. The van der Waals surface area contributed by atoms with E-state index < -0.39 is 5.97 Å². The quantitative estimate of drug-likeness (QED) is 0.613. The molecule has 0 bridgehead atoms. The Balaban J connectivity index is 3.05. The number of benzene rings is 1. The summed E-state index contributed by atoms with van der Waals surface area (Å²) in [5, 5.41) is 0. The SMILES string of the molecule is Nc1ccc(C(=O)OF)cc1N. The highest BCUT2D eigenvalue weighted by Crippen LogP contribution is 2.16. The normalized spacial score (nSPS) is 9.42. The second kappa shape index (κ2) is 3.08. The van der Waals surface area contributed by atoms with Crippen LogP contribution in [0.1, 0.15) is 10.4 Å². The van der Waals surface area contributed by atoms with Crippen molar-refractivity contribution in [2.24, 2.45) is 0 Å². The van der Waals surface area contributed by atoms with Gasteiger partial charge in [-0.2, -0.15) is 0 Å². The number of anilines is 2. The minimum atomic E-state index is -1.08. The summed E-state index contributed by atoms with van der Waals surface area (Å²) in [6.07, 6.45) is 0. The maximum Gasteiger partial charge on any atom is 0.379 e. The molecule has 1 aromatic carbocycles. The monoisotopic (exact) mass is 170 g/mol. The van der Waals surface area contributed by atoms with Gasteiger partial charge in [0.2, 0.25) is 0 Å². The van der Waals surface area contributed by atoms with Gasteiger partial charge in [0.05, 0.1) is 16.9 Å². The topological polar surface area (TPSA) is 78.3 Å². The van der Waals surface area contributed by atoms with E-state index in [-0.39, 0.29) is 11.3 Å². The van der Waals surface area contributed by atoms with E-state index in [4.69, 9.17) is 11.5 Å². The van der Waals surface area contributed by atoms with Crippen molar-refractivity contribution in [3.05, 3.63) is 23.8 Å². The predicted octanol–water partition coefficient (Wildman–Crippen LogP) is 0.892. The molecule has 5 heteroatoms. The molecule has 0 aliphatic rings. The number of nitrogens with two attached hydrogens (primary N) is 2. The van der Waals surface area contributed by atoms with Crippen LogP contribution in [-0.2, 0) is 4.94 Å². The van der Waals surface area contributed by atoms with E-state index in [1.54, 1.807) is 0 Å². The van der Waals surface area contributed by atoms with E-state index in [1.807, 2.05) is 0 Å². The smallest absolute Gasteiger partial charge is 0.379 e. The summed E-state index contributed by atoms with van der Waals surface area (Å²) >= 11 is 0. The number of carbonyl (C=O) groups excluding carboxylic acids is 1. The van der Waals surface area contributed by atoms with Crippen molar-refractivity contribution >= 4 is 17.3 Å². The zero-order valence-electron chi connectivity index (χ0n) is 6.08. The van der Waals surface area contributed by atoms with Crippen molar-refractivity contribution in [2.75, 3.05) is 11.5 Å². The lowest BCUT2D eigenvalue weighted by Crippen LogP contribution is -2.01.